The second kappa shape index (κ2) is 6.12. The van der Waals surface area contributed by atoms with Crippen molar-refractivity contribution in [2.45, 2.75) is 32.4 Å². The minimum absolute atomic E-state index is 0.0198. The monoisotopic (exact) mass is 314 g/mol. The summed E-state index contributed by atoms with van der Waals surface area (Å²) >= 11 is 0. The highest BCUT2D eigenvalue weighted by Gasteiger charge is 2.39. The minimum Gasteiger partial charge on any atom is -0.380 e. The van der Waals surface area contributed by atoms with Gasteiger partial charge in [0.2, 0.25) is 0 Å². The van der Waals surface area contributed by atoms with E-state index in [0.717, 1.165) is 28.9 Å². The van der Waals surface area contributed by atoms with Crippen LogP contribution in [0.25, 0.3) is 0 Å². The van der Waals surface area contributed by atoms with Gasteiger partial charge in [0.25, 0.3) is 5.91 Å². The van der Waals surface area contributed by atoms with Crippen molar-refractivity contribution in [3.8, 4) is 0 Å². The molecule has 0 unspecified atom stereocenters. The van der Waals surface area contributed by atoms with Gasteiger partial charge in [-0.15, -0.1) is 10.2 Å². The summed E-state index contributed by atoms with van der Waals surface area (Å²) in [6.45, 7) is 4.57. The number of rotatable bonds is 3. The van der Waals surface area contributed by atoms with Crippen molar-refractivity contribution in [2.75, 3.05) is 13.7 Å². The summed E-state index contributed by atoms with van der Waals surface area (Å²) in [6.07, 6.45) is 2.42. The third-order valence-electron chi connectivity index (χ3n) is 4.51. The third-order valence-corrected chi connectivity index (χ3v) is 4.51. The molecular formula is C17H22N4O2. The van der Waals surface area contributed by atoms with Crippen molar-refractivity contribution in [2.24, 2.45) is 7.05 Å². The Hall–Kier alpha value is -2.21. The average molecular weight is 314 g/mol. The van der Waals surface area contributed by atoms with Gasteiger partial charge in [0.05, 0.1) is 12.1 Å². The average Bonchev–Trinajstić information content (AvgIpc) is 3.12. The number of ether oxygens (including phenoxy) is 1. The van der Waals surface area contributed by atoms with Gasteiger partial charge in [0, 0.05) is 32.7 Å². The number of hydrogen-bond donors (Lipinski definition) is 0. The highest BCUT2D eigenvalue weighted by atomic mass is 16.5. The summed E-state index contributed by atoms with van der Waals surface area (Å²) in [7, 11) is 3.58. The first-order valence-corrected chi connectivity index (χ1v) is 7.76. The fraction of sp³-hybridized carbons (Fsp3) is 0.471. The second-order valence-corrected chi connectivity index (χ2v) is 6.19. The number of carbonyl (C=O) groups excluding carboxylic acids is 1. The van der Waals surface area contributed by atoms with Gasteiger partial charge < -0.3 is 14.2 Å². The first-order chi connectivity index (χ1) is 11.0. The zero-order chi connectivity index (χ0) is 16.6. The molecule has 0 N–H and O–H groups in total. The molecule has 2 heterocycles. The molecule has 23 heavy (non-hydrogen) atoms. The van der Waals surface area contributed by atoms with E-state index in [1.54, 1.807) is 13.4 Å². The molecular weight excluding hydrogens is 292 g/mol. The van der Waals surface area contributed by atoms with Gasteiger partial charge in [-0.2, -0.15) is 0 Å². The minimum atomic E-state index is -0.111. The molecule has 0 radical (unpaired) electrons. The van der Waals surface area contributed by atoms with Crippen LogP contribution in [0.1, 0.15) is 39.8 Å². The zero-order valence-corrected chi connectivity index (χ0v) is 14.0. The smallest absolute Gasteiger partial charge is 0.254 e. The quantitative estimate of drug-likeness (QED) is 0.870. The summed E-state index contributed by atoms with van der Waals surface area (Å²) in [5, 5.41) is 8.14. The number of nitrogens with zero attached hydrogens (tertiary/aromatic N) is 4. The number of aryl methyl sites for hydroxylation is 3. The first-order valence-electron chi connectivity index (χ1n) is 7.76. The molecule has 0 bridgehead atoms. The maximum absolute atomic E-state index is 13.1. The van der Waals surface area contributed by atoms with Crippen molar-refractivity contribution in [3.05, 3.63) is 47.0 Å². The molecule has 1 fully saturated rings. The number of aromatic nitrogens is 3. The molecule has 1 aromatic heterocycles. The van der Waals surface area contributed by atoms with Crippen LogP contribution in [0.4, 0.5) is 0 Å². The van der Waals surface area contributed by atoms with E-state index in [0.29, 0.717) is 6.54 Å². The standard InChI is InChI=1S/C17H22N4O2/c1-11-5-6-14(12(2)7-11)17(22)21-9-13(23-4)8-15(21)16-19-18-10-20(16)3/h5-7,10,13,15H,8-9H2,1-4H3/t13-,15+/m1/s1. The normalized spacial score (nSPS) is 21.0. The predicted octanol–water partition coefficient (Wildman–Crippen LogP) is 2.03. The molecule has 1 saturated heterocycles. The van der Waals surface area contributed by atoms with E-state index in [2.05, 4.69) is 10.2 Å². The van der Waals surface area contributed by atoms with E-state index < -0.39 is 0 Å². The number of methoxy groups -OCH3 is 1. The van der Waals surface area contributed by atoms with Crippen LogP contribution < -0.4 is 0 Å². The molecule has 0 aliphatic carbocycles. The number of likely N-dealkylation sites (tertiary alicyclic amines) is 1. The molecule has 3 rings (SSSR count). The zero-order valence-electron chi connectivity index (χ0n) is 14.0. The lowest BCUT2D eigenvalue weighted by molar-refractivity contribution is 0.0682. The maximum atomic E-state index is 13.1. The van der Waals surface area contributed by atoms with Gasteiger partial charge in [-0.3, -0.25) is 4.79 Å². The summed E-state index contributed by atoms with van der Waals surface area (Å²) in [5.74, 6) is 0.817. The van der Waals surface area contributed by atoms with Crippen molar-refractivity contribution in [3.63, 3.8) is 0 Å². The van der Waals surface area contributed by atoms with Crippen LogP contribution in [-0.2, 0) is 11.8 Å². The SMILES string of the molecule is CO[C@@H]1C[C@@H](c2nncn2C)N(C(=O)c2ccc(C)cc2C)C1. The van der Waals surface area contributed by atoms with Crippen molar-refractivity contribution in [1.82, 2.24) is 19.7 Å². The van der Waals surface area contributed by atoms with Gasteiger partial charge in [-0.25, -0.2) is 0 Å². The Morgan fingerprint density at radius 1 is 1.35 bits per heavy atom. The first kappa shape index (κ1) is 15.7. The molecule has 1 aliphatic heterocycles. The van der Waals surface area contributed by atoms with Crippen molar-refractivity contribution < 1.29 is 9.53 Å². The lowest BCUT2D eigenvalue weighted by Crippen LogP contribution is -2.33. The van der Waals surface area contributed by atoms with E-state index in [4.69, 9.17) is 4.74 Å². The largest absolute Gasteiger partial charge is 0.380 e. The molecule has 1 amide bonds. The van der Waals surface area contributed by atoms with Crippen LogP contribution in [0.3, 0.4) is 0 Å². The van der Waals surface area contributed by atoms with Crippen LogP contribution in [0.15, 0.2) is 24.5 Å². The molecule has 2 aromatic rings. The Bertz CT molecular complexity index is 725. The maximum Gasteiger partial charge on any atom is 0.254 e. The van der Waals surface area contributed by atoms with Crippen molar-refractivity contribution >= 4 is 5.91 Å². The number of hydrogen-bond acceptors (Lipinski definition) is 4. The van der Waals surface area contributed by atoms with E-state index in [1.165, 1.54) is 0 Å². The van der Waals surface area contributed by atoms with Gasteiger partial charge in [0.1, 0.15) is 6.33 Å². The highest BCUT2D eigenvalue weighted by molar-refractivity contribution is 5.96. The number of benzene rings is 1. The molecule has 0 spiro atoms. The summed E-state index contributed by atoms with van der Waals surface area (Å²) in [6, 6.07) is 5.80. The third kappa shape index (κ3) is 2.86. The van der Waals surface area contributed by atoms with E-state index in [1.807, 2.05) is 48.6 Å². The van der Waals surface area contributed by atoms with E-state index >= 15 is 0 Å². The van der Waals surface area contributed by atoms with Crippen LogP contribution in [0, 0.1) is 13.8 Å². The molecule has 122 valence electrons. The predicted molar refractivity (Wildman–Crippen MR) is 86.1 cm³/mol. The van der Waals surface area contributed by atoms with Gasteiger partial charge in [0.15, 0.2) is 5.82 Å². The molecule has 1 aromatic carbocycles. The fourth-order valence-electron chi connectivity index (χ4n) is 3.24. The Balaban J connectivity index is 1.95. The summed E-state index contributed by atoms with van der Waals surface area (Å²) in [5.41, 5.74) is 2.88. The van der Waals surface area contributed by atoms with Crippen LogP contribution in [-0.4, -0.2) is 45.3 Å². The lowest BCUT2D eigenvalue weighted by atomic mass is 10.0. The van der Waals surface area contributed by atoms with Crippen molar-refractivity contribution in [1.29, 1.82) is 0 Å². The van der Waals surface area contributed by atoms with E-state index in [9.17, 15) is 4.79 Å². The second-order valence-electron chi connectivity index (χ2n) is 6.19. The van der Waals surface area contributed by atoms with Gasteiger partial charge >= 0.3 is 0 Å². The topological polar surface area (TPSA) is 60.3 Å². The number of carbonyl (C=O) groups is 1. The highest BCUT2D eigenvalue weighted by Crippen LogP contribution is 2.33. The van der Waals surface area contributed by atoms with Crippen LogP contribution in [0.5, 0.6) is 0 Å². The molecule has 0 saturated carbocycles. The molecule has 2 atom stereocenters. The summed E-state index contributed by atoms with van der Waals surface area (Å²) in [4.78, 5) is 14.9. The van der Waals surface area contributed by atoms with Gasteiger partial charge in [-0.05, 0) is 25.5 Å². The fourth-order valence-corrected chi connectivity index (χ4v) is 3.24. The van der Waals surface area contributed by atoms with E-state index in [-0.39, 0.29) is 18.1 Å². The molecule has 6 heteroatoms. The van der Waals surface area contributed by atoms with Crippen LogP contribution >= 0.6 is 0 Å². The summed E-state index contributed by atoms with van der Waals surface area (Å²) < 4.78 is 7.36. The van der Waals surface area contributed by atoms with Crippen LogP contribution in [0.2, 0.25) is 0 Å². The molecule has 6 nitrogen and oxygen atoms in total. The van der Waals surface area contributed by atoms with Gasteiger partial charge in [-0.1, -0.05) is 17.7 Å². The Labute approximate surface area is 136 Å². The Kier molecular flexibility index (Phi) is 4.17. The lowest BCUT2D eigenvalue weighted by Gasteiger charge is -2.24. The Morgan fingerprint density at radius 2 is 2.13 bits per heavy atom. The number of amides is 1. The molecule has 1 aliphatic rings. The Morgan fingerprint density at radius 3 is 2.74 bits per heavy atom.